The van der Waals surface area contributed by atoms with Crippen LogP contribution in [0.15, 0.2) is 30.6 Å². The lowest BCUT2D eigenvalue weighted by Gasteiger charge is -2.35. The third-order valence-corrected chi connectivity index (χ3v) is 7.60. The molecule has 2 aliphatic heterocycles. The van der Waals surface area contributed by atoms with Gasteiger partial charge in [-0.25, -0.2) is 4.98 Å². The Morgan fingerprint density at radius 2 is 2.09 bits per heavy atom. The van der Waals surface area contributed by atoms with Gasteiger partial charge in [0.1, 0.15) is 11.2 Å². The molecule has 3 aromatic rings. The molecular weight excluding hydrogens is 400 g/mol. The maximum atomic E-state index is 12.8. The fraction of sp³-hybridized carbons (Fsp3) is 0.462. The molecule has 2 aromatic heterocycles. The van der Waals surface area contributed by atoms with Crippen LogP contribution in [0.2, 0.25) is 0 Å². The predicted octanol–water partition coefficient (Wildman–Crippen LogP) is 3.47. The van der Waals surface area contributed by atoms with E-state index in [0.29, 0.717) is 25.0 Å². The third kappa shape index (κ3) is 3.16. The van der Waals surface area contributed by atoms with Crippen LogP contribution < -0.4 is 5.32 Å². The van der Waals surface area contributed by atoms with Crippen LogP contribution in [0.1, 0.15) is 48.6 Å². The van der Waals surface area contributed by atoms with Crippen LogP contribution in [0, 0.1) is 18.8 Å². The van der Waals surface area contributed by atoms with Gasteiger partial charge in [-0.15, -0.1) is 0 Å². The van der Waals surface area contributed by atoms with Crippen molar-refractivity contribution >= 4 is 16.9 Å². The molecule has 0 unspecified atom stereocenters. The lowest BCUT2D eigenvalue weighted by Crippen LogP contribution is -2.47. The maximum absolute atomic E-state index is 12.8. The summed E-state index contributed by atoms with van der Waals surface area (Å²) in [4.78, 5) is 22.5. The number of H-pyrrole nitrogens is 1. The zero-order valence-corrected chi connectivity index (χ0v) is 18.9. The number of hydrogen-bond donors (Lipinski definition) is 3. The smallest absolute Gasteiger partial charge is 0.254 e. The summed E-state index contributed by atoms with van der Waals surface area (Å²) in [6, 6.07) is 7.18. The molecule has 0 radical (unpaired) electrons. The predicted molar refractivity (Wildman–Crippen MR) is 124 cm³/mol. The van der Waals surface area contributed by atoms with Crippen molar-refractivity contribution in [3.63, 3.8) is 0 Å². The molecule has 6 rings (SSSR count). The van der Waals surface area contributed by atoms with E-state index in [-0.39, 0.29) is 5.91 Å². The van der Waals surface area contributed by atoms with Crippen molar-refractivity contribution in [2.45, 2.75) is 51.8 Å². The van der Waals surface area contributed by atoms with E-state index in [4.69, 9.17) is 0 Å². The number of fused-ring (bicyclic) bond motifs is 3. The quantitative estimate of drug-likeness (QED) is 0.594. The first-order chi connectivity index (χ1) is 15.3. The normalized spacial score (nSPS) is 24.5. The number of carbonyl (C=O) groups excluding carboxylic acids is 1. The molecule has 166 valence electrons. The van der Waals surface area contributed by atoms with Crippen molar-refractivity contribution in [2.75, 3.05) is 13.1 Å². The molecular formula is C26H30N4O2. The maximum Gasteiger partial charge on any atom is 0.254 e. The number of nitrogens with zero attached hydrogens (tertiary/aromatic N) is 2. The number of benzene rings is 1. The van der Waals surface area contributed by atoms with Gasteiger partial charge in [-0.3, -0.25) is 4.79 Å². The SMILES string of the molecule is Cc1c[nH]c2ncc(-c3cc4c(c([C@H]5NC[C@H]6C[C@H]65)c3)CN(C(=O)C(C)(C)O)CC4)cc12. The lowest BCUT2D eigenvalue weighted by molar-refractivity contribution is -0.148. The van der Waals surface area contributed by atoms with Crippen LogP contribution in [0.3, 0.4) is 0 Å². The first-order valence-corrected chi connectivity index (χ1v) is 11.6. The summed E-state index contributed by atoms with van der Waals surface area (Å²) in [6.45, 7) is 7.54. The number of amides is 1. The van der Waals surface area contributed by atoms with Crippen LogP contribution >= 0.6 is 0 Å². The van der Waals surface area contributed by atoms with Crippen molar-refractivity contribution < 1.29 is 9.90 Å². The van der Waals surface area contributed by atoms with Crippen LogP contribution in [0.25, 0.3) is 22.2 Å². The minimum atomic E-state index is -1.35. The van der Waals surface area contributed by atoms with Crippen molar-refractivity contribution in [1.82, 2.24) is 20.2 Å². The number of aryl methyl sites for hydroxylation is 1. The Balaban J connectivity index is 1.45. The Morgan fingerprint density at radius 3 is 2.81 bits per heavy atom. The molecule has 6 heteroatoms. The van der Waals surface area contributed by atoms with Crippen LogP contribution in [-0.4, -0.2) is 44.6 Å². The minimum absolute atomic E-state index is 0.195. The lowest BCUT2D eigenvalue weighted by atomic mass is 9.86. The van der Waals surface area contributed by atoms with E-state index < -0.39 is 5.60 Å². The van der Waals surface area contributed by atoms with Gasteiger partial charge in [-0.1, -0.05) is 6.07 Å². The van der Waals surface area contributed by atoms with Crippen molar-refractivity contribution in [2.24, 2.45) is 11.8 Å². The van der Waals surface area contributed by atoms with Crippen molar-refractivity contribution in [3.8, 4) is 11.1 Å². The number of pyridine rings is 1. The molecule has 3 atom stereocenters. The minimum Gasteiger partial charge on any atom is -0.381 e. The van der Waals surface area contributed by atoms with E-state index in [1.807, 2.05) is 17.3 Å². The first-order valence-electron chi connectivity index (χ1n) is 11.6. The summed E-state index contributed by atoms with van der Waals surface area (Å²) >= 11 is 0. The summed E-state index contributed by atoms with van der Waals surface area (Å²) < 4.78 is 0. The summed E-state index contributed by atoms with van der Waals surface area (Å²) in [5, 5.41) is 15.2. The van der Waals surface area contributed by atoms with Gasteiger partial charge in [-0.05, 0) is 91.9 Å². The molecule has 0 bridgehead atoms. The Bertz CT molecular complexity index is 1240. The van der Waals surface area contributed by atoms with Gasteiger partial charge in [0.25, 0.3) is 5.91 Å². The Hall–Kier alpha value is -2.70. The van der Waals surface area contributed by atoms with Gasteiger partial charge in [0.05, 0.1) is 0 Å². The molecule has 3 N–H and O–H groups in total. The van der Waals surface area contributed by atoms with E-state index in [1.54, 1.807) is 13.8 Å². The highest BCUT2D eigenvalue weighted by Crippen LogP contribution is 2.53. The summed E-state index contributed by atoms with van der Waals surface area (Å²) in [5.74, 6) is 1.29. The van der Waals surface area contributed by atoms with Gasteiger partial charge >= 0.3 is 0 Å². The largest absolute Gasteiger partial charge is 0.381 e. The second kappa shape index (κ2) is 6.90. The average molecular weight is 431 g/mol. The molecule has 1 aliphatic carbocycles. The van der Waals surface area contributed by atoms with Crippen molar-refractivity contribution in [3.05, 3.63) is 52.8 Å². The molecule has 1 aromatic carbocycles. The average Bonchev–Trinajstić information content (AvgIpc) is 3.29. The van der Waals surface area contributed by atoms with E-state index in [1.165, 1.54) is 34.2 Å². The van der Waals surface area contributed by atoms with E-state index in [0.717, 1.165) is 35.5 Å². The summed E-state index contributed by atoms with van der Waals surface area (Å²) in [7, 11) is 0. The highest BCUT2D eigenvalue weighted by atomic mass is 16.3. The zero-order chi connectivity index (χ0) is 22.2. The molecule has 6 nitrogen and oxygen atoms in total. The van der Waals surface area contributed by atoms with Gasteiger partial charge in [0, 0.05) is 42.5 Å². The second-order valence-electron chi connectivity index (χ2n) is 10.4. The topological polar surface area (TPSA) is 81.2 Å². The highest BCUT2D eigenvalue weighted by Gasteiger charge is 2.49. The highest BCUT2D eigenvalue weighted by molar-refractivity contribution is 5.86. The molecule has 3 aliphatic rings. The molecule has 4 heterocycles. The summed E-state index contributed by atoms with van der Waals surface area (Å²) in [5.41, 5.74) is 6.99. The molecule has 2 fully saturated rings. The van der Waals surface area contributed by atoms with E-state index in [2.05, 4.69) is 40.4 Å². The number of piperidine rings is 1. The van der Waals surface area contributed by atoms with Gasteiger partial charge < -0.3 is 20.3 Å². The van der Waals surface area contributed by atoms with Crippen LogP contribution in [0.4, 0.5) is 0 Å². The van der Waals surface area contributed by atoms with E-state index in [9.17, 15) is 9.90 Å². The molecule has 1 saturated heterocycles. The molecule has 0 spiro atoms. The standard InChI is InChI=1S/C26H30N4O2/c1-14-10-28-24-19(14)8-17(11-29-24)16-6-15-4-5-30(25(31)26(2,3)32)13-22(15)21(7-16)23-20-9-18(20)12-27-23/h6-8,10-11,18,20,23,27,32H,4-5,9,12-13H2,1-3H3,(H,28,29)/t18-,20-,23+/m1/s1. The van der Waals surface area contributed by atoms with Crippen LogP contribution in [0.5, 0.6) is 0 Å². The number of aromatic nitrogens is 2. The van der Waals surface area contributed by atoms with Crippen molar-refractivity contribution in [1.29, 1.82) is 0 Å². The fourth-order valence-corrected chi connectivity index (χ4v) is 5.68. The number of carbonyl (C=O) groups is 1. The summed E-state index contributed by atoms with van der Waals surface area (Å²) in [6.07, 6.45) is 6.05. The monoisotopic (exact) mass is 430 g/mol. The van der Waals surface area contributed by atoms with Gasteiger partial charge in [-0.2, -0.15) is 0 Å². The van der Waals surface area contributed by atoms with Gasteiger partial charge in [0.2, 0.25) is 0 Å². The van der Waals surface area contributed by atoms with E-state index >= 15 is 0 Å². The fourth-order valence-electron chi connectivity index (χ4n) is 5.68. The molecule has 1 saturated carbocycles. The Labute approximate surface area is 188 Å². The number of rotatable bonds is 3. The Morgan fingerprint density at radius 1 is 1.25 bits per heavy atom. The van der Waals surface area contributed by atoms with Gasteiger partial charge in [0.15, 0.2) is 0 Å². The zero-order valence-electron chi connectivity index (χ0n) is 18.9. The number of hydrogen-bond acceptors (Lipinski definition) is 4. The number of nitrogens with one attached hydrogen (secondary N) is 2. The first kappa shape index (κ1) is 19.9. The number of aliphatic hydroxyl groups is 1. The second-order valence-corrected chi connectivity index (χ2v) is 10.4. The third-order valence-electron chi connectivity index (χ3n) is 7.60. The Kier molecular flexibility index (Phi) is 4.30. The van der Waals surface area contributed by atoms with Crippen LogP contribution in [-0.2, 0) is 17.8 Å². The molecule has 32 heavy (non-hydrogen) atoms. The number of aromatic amines is 1. The molecule has 1 amide bonds.